The number of halogens is 1. The number of nitro benzene ring substituents is 1. The highest BCUT2D eigenvalue weighted by Crippen LogP contribution is 2.30. The van der Waals surface area contributed by atoms with Crippen LogP contribution in [-0.4, -0.2) is 29.3 Å². The Bertz CT molecular complexity index is 491. The molecule has 0 N–H and O–H groups in total. The van der Waals surface area contributed by atoms with Crippen molar-refractivity contribution >= 4 is 11.6 Å². The molecule has 1 aliphatic rings. The van der Waals surface area contributed by atoms with Gasteiger partial charge in [0.15, 0.2) is 0 Å². The van der Waals surface area contributed by atoms with Crippen molar-refractivity contribution in [2.24, 2.45) is 0 Å². The second-order valence-corrected chi connectivity index (χ2v) is 4.14. The Labute approximate surface area is 118 Å². The lowest BCUT2D eigenvalue weighted by Gasteiger charge is -2.10. The lowest BCUT2D eigenvalue weighted by atomic mass is 9.98. The summed E-state index contributed by atoms with van der Waals surface area (Å²) in [6.45, 7) is 4.52. The molecule has 20 heavy (non-hydrogen) atoms. The third kappa shape index (κ3) is 3.76. The molecule has 0 aliphatic carbocycles. The minimum Gasteiger partial charge on any atom is -0.345 e. The molecule has 6 heteroatoms. The van der Waals surface area contributed by atoms with Gasteiger partial charge in [0.05, 0.1) is 4.92 Å². The fraction of sp³-hybridized carbons (Fsp3) is 0.500. The van der Waals surface area contributed by atoms with Crippen LogP contribution in [0.1, 0.15) is 39.2 Å². The van der Waals surface area contributed by atoms with E-state index in [4.69, 9.17) is 0 Å². The van der Waals surface area contributed by atoms with Crippen molar-refractivity contribution in [1.82, 2.24) is 4.90 Å². The Morgan fingerprint density at radius 3 is 2.45 bits per heavy atom. The summed E-state index contributed by atoms with van der Waals surface area (Å²) in [7, 11) is 1.68. The number of hydrogen-bond donors (Lipinski definition) is 0. The van der Waals surface area contributed by atoms with Crippen LogP contribution in [0.5, 0.6) is 0 Å². The zero-order valence-corrected chi connectivity index (χ0v) is 11.2. The summed E-state index contributed by atoms with van der Waals surface area (Å²) >= 11 is 0. The monoisotopic (exact) mass is 284 g/mol. The van der Waals surface area contributed by atoms with Crippen molar-refractivity contribution < 1.29 is 14.1 Å². The van der Waals surface area contributed by atoms with Crippen LogP contribution in [-0.2, 0) is 4.79 Å². The maximum absolute atomic E-state index is 13.1. The van der Waals surface area contributed by atoms with Gasteiger partial charge in [-0.3, -0.25) is 14.9 Å². The molecule has 0 aromatic heterocycles. The summed E-state index contributed by atoms with van der Waals surface area (Å²) in [4.78, 5) is 22.8. The Kier molecular flexibility index (Phi) is 6.82. The normalized spacial score (nSPS) is 17.1. The summed E-state index contributed by atoms with van der Waals surface area (Å²) in [5.41, 5.74) is 0.0975. The smallest absolute Gasteiger partial charge is 0.305 e. The fourth-order valence-corrected chi connectivity index (χ4v) is 2.01. The molecule has 0 spiro atoms. The van der Waals surface area contributed by atoms with Crippen molar-refractivity contribution in [1.29, 1.82) is 0 Å². The largest absolute Gasteiger partial charge is 0.345 e. The zero-order valence-electron chi connectivity index (χ0n) is 11.2. The average Bonchev–Trinajstić information content (AvgIpc) is 2.72. The fourth-order valence-electron chi connectivity index (χ4n) is 2.01. The first-order chi connectivity index (χ1) is 8.99. The molecule has 1 saturated heterocycles. The maximum atomic E-state index is 13.1. The minimum absolute atomic E-state index is 0. The standard InChI is InChI=1S/C11H11FN2O3.C2H6.CH4/c1-13-6-8(5-11(13)15)7-2-3-9(12)10(4-7)14(16)17;1-2;/h2-4,8H,5-6H2,1H3;1-2H3;1H4. The lowest BCUT2D eigenvalue weighted by molar-refractivity contribution is -0.387. The Hall–Kier alpha value is -1.98. The van der Waals surface area contributed by atoms with Gasteiger partial charge < -0.3 is 4.90 Å². The number of benzene rings is 1. The predicted molar refractivity (Wildman–Crippen MR) is 76.1 cm³/mol. The molecular formula is C14H21FN2O3. The summed E-state index contributed by atoms with van der Waals surface area (Å²) < 4.78 is 13.1. The summed E-state index contributed by atoms with van der Waals surface area (Å²) in [5, 5.41) is 10.6. The number of carbonyl (C=O) groups excluding carboxylic acids is 1. The van der Waals surface area contributed by atoms with Gasteiger partial charge in [0.2, 0.25) is 11.7 Å². The third-order valence-electron chi connectivity index (χ3n) is 2.98. The van der Waals surface area contributed by atoms with Crippen molar-refractivity contribution in [3.63, 3.8) is 0 Å². The van der Waals surface area contributed by atoms with Crippen LogP contribution < -0.4 is 0 Å². The molecule has 5 nitrogen and oxygen atoms in total. The van der Waals surface area contributed by atoms with E-state index in [1.54, 1.807) is 11.9 Å². The van der Waals surface area contributed by atoms with Crippen molar-refractivity contribution in [3.8, 4) is 0 Å². The van der Waals surface area contributed by atoms with Gasteiger partial charge in [-0.2, -0.15) is 4.39 Å². The molecular weight excluding hydrogens is 263 g/mol. The van der Waals surface area contributed by atoms with Crippen molar-refractivity contribution in [2.45, 2.75) is 33.6 Å². The molecule has 1 fully saturated rings. The van der Waals surface area contributed by atoms with Crippen LogP contribution in [0.25, 0.3) is 0 Å². The number of nitro groups is 1. The quantitative estimate of drug-likeness (QED) is 0.618. The summed E-state index contributed by atoms with van der Waals surface area (Å²) in [6, 6.07) is 3.79. The molecule has 1 atom stereocenters. The lowest BCUT2D eigenvalue weighted by Crippen LogP contribution is -2.18. The van der Waals surface area contributed by atoms with Crippen LogP contribution in [0.4, 0.5) is 10.1 Å². The van der Waals surface area contributed by atoms with Gasteiger partial charge in [0.1, 0.15) is 0 Å². The molecule has 1 amide bonds. The molecule has 1 aromatic rings. The number of likely N-dealkylation sites (N-methyl/N-ethyl adjacent to an activating group) is 1. The molecule has 1 unspecified atom stereocenters. The second kappa shape index (κ2) is 7.57. The second-order valence-electron chi connectivity index (χ2n) is 4.14. The molecule has 0 radical (unpaired) electrons. The molecule has 0 saturated carbocycles. The van der Waals surface area contributed by atoms with E-state index < -0.39 is 16.4 Å². The van der Waals surface area contributed by atoms with Gasteiger partial charge >= 0.3 is 5.69 Å². The van der Waals surface area contributed by atoms with Crippen LogP contribution in [0.2, 0.25) is 0 Å². The highest BCUT2D eigenvalue weighted by molar-refractivity contribution is 5.79. The van der Waals surface area contributed by atoms with Crippen molar-refractivity contribution in [3.05, 3.63) is 39.7 Å². The summed E-state index contributed by atoms with van der Waals surface area (Å²) in [5.74, 6) is -0.940. The number of likely N-dealkylation sites (tertiary alicyclic amines) is 1. The first kappa shape index (κ1) is 18.0. The van der Waals surface area contributed by atoms with Crippen LogP contribution in [0.15, 0.2) is 18.2 Å². The Morgan fingerprint density at radius 1 is 1.40 bits per heavy atom. The summed E-state index contributed by atoms with van der Waals surface area (Å²) in [6.07, 6.45) is 0.319. The zero-order chi connectivity index (χ0) is 14.6. The van der Waals surface area contributed by atoms with Gasteiger partial charge in [-0.15, -0.1) is 0 Å². The van der Waals surface area contributed by atoms with Crippen LogP contribution in [0.3, 0.4) is 0 Å². The molecule has 0 bridgehead atoms. The van der Waals surface area contributed by atoms with Gasteiger partial charge in [-0.25, -0.2) is 0 Å². The molecule has 1 aromatic carbocycles. The van der Waals surface area contributed by atoms with E-state index >= 15 is 0 Å². The molecule has 1 heterocycles. The number of rotatable bonds is 2. The SMILES string of the molecule is C.CC.CN1CC(c2ccc(F)c([N+](=O)[O-])c2)CC1=O. The topological polar surface area (TPSA) is 63.4 Å². The Balaban J connectivity index is 0.00000115. The van der Waals surface area contributed by atoms with Crippen molar-refractivity contribution in [2.75, 3.05) is 13.6 Å². The first-order valence-electron chi connectivity index (χ1n) is 6.17. The van der Waals surface area contributed by atoms with Gasteiger partial charge in [0.25, 0.3) is 0 Å². The van der Waals surface area contributed by atoms with Gasteiger partial charge in [0, 0.05) is 32.0 Å². The number of nitrogens with zero attached hydrogens (tertiary/aromatic N) is 2. The average molecular weight is 284 g/mol. The van der Waals surface area contributed by atoms with E-state index in [2.05, 4.69) is 0 Å². The van der Waals surface area contributed by atoms with E-state index in [-0.39, 0.29) is 19.3 Å². The third-order valence-corrected chi connectivity index (χ3v) is 2.98. The minimum atomic E-state index is -0.851. The molecule has 1 aliphatic heterocycles. The predicted octanol–water partition coefficient (Wildman–Crippen LogP) is 3.34. The molecule has 2 rings (SSSR count). The van der Waals surface area contributed by atoms with E-state index in [0.717, 1.165) is 6.07 Å². The molecule has 112 valence electrons. The van der Waals surface area contributed by atoms with Crippen LogP contribution >= 0.6 is 0 Å². The van der Waals surface area contributed by atoms with Gasteiger partial charge in [-0.05, 0) is 11.6 Å². The van der Waals surface area contributed by atoms with E-state index in [1.807, 2.05) is 13.8 Å². The van der Waals surface area contributed by atoms with E-state index in [1.165, 1.54) is 12.1 Å². The first-order valence-corrected chi connectivity index (χ1v) is 6.17. The van der Waals surface area contributed by atoms with E-state index in [0.29, 0.717) is 18.5 Å². The maximum Gasteiger partial charge on any atom is 0.305 e. The number of amides is 1. The number of hydrogen-bond acceptors (Lipinski definition) is 3. The van der Waals surface area contributed by atoms with E-state index in [9.17, 15) is 19.3 Å². The highest BCUT2D eigenvalue weighted by atomic mass is 19.1. The number of carbonyl (C=O) groups is 1. The Morgan fingerprint density at radius 2 is 2.00 bits per heavy atom. The van der Waals surface area contributed by atoms with Crippen LogP contribution in [0, 0.1) is 15.9 Å². The highest BCUT2D eigenvalue weighted by Gasteiger charge is 2.29. The van der Waals surface area contributed by atoms with Gasteiger partial charge in [-0.1, -0.05) is 27.3 Å².